The molecule has 2 amide bonds. The number of amides is 2. The number of halogens is 5. The van der Waals surface area contributed by atoms with Gasteiger partial charge in [0, 0.05) is 57.2 Å². The molecular formula is C24H26Cl2F3N3O5S. The molecule has 0 bridgehead atoms. The number of ether oxygens (including phenoxy) is 2. The van der Waals surface area contributed by atoms with Crippen LogP contribution in [0.15, 0.2) is 42.5 Å². The molecule has 2 saturated heterocycles. The Morgan fingerprint density at radius 2 is 1.66 bits per heavy atom. The number of hydrogen-bond donors (Lipinski definition) is 0. The van der Waals surface area contributed by atoms with Gasteiger partial charge in [-0.25, -0.2) is 13.2 Å². The van der Waals surface area contributed by atoms with E-state index in [2.05, 4.69) is 4.74 Å². The van der Waals surface area contributed by atoms with E-state index in [0.29, 0.717) is 23.1 Å². The van der Waals surface area contributed by atoms with Gasteiger partial charge in [0.05, 0.1) is 22.9 Å². The molecule has 2 heterocycles. The molecule has 0 N–H and O–H groups in total. The second kappa shape index (κ2) is 11.4. The van der Waals surface area contributed by atoms with Gasteiger partial charge in [-0.15, -0.1) is 13.2 Å². The fourth-order valence-corrected chi connectivity index (χ4v) is 5.83. The zero-order chi connectivity index (χ0) is 27.7. The second-order valence-electron chi connectivity index (χ2n) is 9.21. The molecule has 0 unspecified atom stereocenters. The molecule has 4 rings (SSSR count). The first kappa shape index (κ1) is 28.6. The third-order valence-electron chi connectivity index (χ3n) is 6.56. The van der Waals surface area contributed by atoms with Crippen LogP contribution in [0.25, 0.3) is 0 Å². The maximum Gasteiger partial charge on any atom is 0.573 e. The number of carbonyl (C=O) groups excluding carboxylic acids is 1. The Bertz CT molecular complexity index is 1270. The SMILES string of the molecule is CS(=O)(=O)N1CCN(C(=O)N2C[C@@H](COc3cccc(OC(F)(F)F)c3)[C@H](c3ccc(Cl)c(Cl)c3)C2)CC1. The molecule has 0 aromatic heterocycles. The van der Waals surface area contributed by atoms with Crippen molar-refractivity contribution in [1.29, 1.82) is 0 Å². The Morgan fingerprint density at radius 3 is 2.29 bits per heavy atom. The minimum absolute atomic E-state index is 0.117. The summed E-state index contributed by atoms with van der Waals surface area (Å²) in [6.07, 6.45) is -3.68. The Morgan fingerprint density at radius 1 is 0.974 bits per heavy atom. The summed E-state index contributed by atoms with van der Waals surface area (Å²) >= 11 is 12.3. The van der Waals surface area contributed by atoms with E-state index in [0.717, 1.165) is 17.9 Å². The van der Waals surface area contributed by atoms with Crippen LogP contribution in [0.3, 0.4) is 0 Å². The molecule has 14 heteroatoms. The Labute approximate surface area is 228 Å². The number of sulfonamides is 1. The van der Waals surface area contributed by atoms with Crippen molar-refractivity contribution < 1.29 is 35.9 Å². The summed E-state index contributed by atoms with van der Waals surface area (Å²) in [5.74, 6) is -0.588. The fourth-order valence-electron chi connectivity index (χ4n) is 4.69. The van der Waals surface area contributed by atoms with E-state index in [1.54, 1.807) is 21.9 Å². The van der Waals surface area contributed by atoms with E-state index in [9.17, 15) is 26.4 Å². The zero-order valence-corrected chi connectivity index (χ0v) is 22.7. The highest BCUT2D eigenvalue weighted by atomic mass is 35.5. The number of nitrogens with zero attached hydrogens (tertiary/aromatic N) is 3. The minimum atomic E-state index is -4.82. The fraction of sp³-hybridized carbons (Fsp3) is 0.458. The Hall–Kier alpha value is -2.41. The van der Waals surface area contributed by atoms with E-state index < -0.39 is 22.1 Å². The number of hydrogen-bond acceptors (Lipinski definition) is 5. The number of alkyl halides is 3. The normalized spacial score (nSPS) is 21.0. The molecule has 2 aromatic carbocycles. The number of carbonyl (C=O) groups is 1. The predicted octanol–water partition coefficient (Wildman–Crippen LogP) is 4.68. The average molecular weight is 596 g/mol. The molecule has 8 nitrogen and oxygen atoms in total. The zero-order valence-electron chi connectivity index (χ0n) is 20.3. The number of urea groups is 1. The van der Waals surface area contributed by atoms with Crippen molar-refractivity contribution in [2.75, 3.05) is 52.1 Å². The summed E-state index contributed by atoms with van der Waals surface area (Å²) in [5.41, 5.74) is 0.847. The van der Waals surface area contributed by atoms with Gasteiger partial charge in [-0.1, -0.05) is 35.3 Å². The summed E-state index contributed by atoms with van der Waals surface area (Å²) in [6.45, 7) is 1.78. The van der Waals surface area contributed by atoms with Crippen LogP contribution in [-0.4, -0.2) is 87.0 Å². The Kier molecular flexibility index (Phi) is 8.55. The van der Waals surface area contributed by atoms with Crippen molar-refractivity contribution in [2.24, 2.45) is 5.92 Å². The first-order valence-electron chi connectivity index (χ1n) is 11.7. The van der Waals surface area contributed by atoms with E-state index in [-0.39, 0.29) is 56.4 Å². The lowest BCUT2D eigenvalue weighted by atomic mass is 9.89. The molecule has 2 aliphatic heterocycles. The highest BCUT2D eigenvalue weighted by molar-refractivity contribution is 7.88. The molecule has 0 spiro atoms. The molecule has 2 aromatic rings. The van der Waals surface area contributed by atoms with Crippen molar-refractivity contribution in [2.45, 2.75) is 12.3 Å². The van der Waals surface area contributed by atoms with Gasteiger partial charge in [0.2, 0.25) is 10.0 Å². The van der Waals surface area contributed by atoms with E-state index in [1.165, 1.54) is 22.5 Å². The third-order valence-corrected chi connectivity index (χ3v) is 8.61. The van der Waals surface area contributed by atoms with Gasteiger partial charge in [-0.05, 0) is 29.8 Å². The molecule has 2 fully saturated rings. The molecular weight excluding hydrogens is 570 g/mol. The molecule has 0 radical (unpaired) electrons. The summed E-state index contributed by atoms with van der Waals surface area (Å²) in [5, 5.41) is 0.752. The van der Waals surface area contributed by atoms with Crippen LogP contribution in [0, 0.1) is 5.92 Å². The lowest BCUT2D eigenvalue weighted by molar-refractivity contribution is -0.274. The van der Waals surface area contributed by atoms with Crippen LogP contribution in [0.1, 0.15) is 11.5 Å². The van der Waals surface area contributed by atoms with Crippen LogP contribution >= 0.6 is 23.2 Å². The van der Waals surface area contributed by atoms with Gasteiger partial charge in [-0.3, -0.25) is 0 Å². The van der Waals surface area contributed by atoms with E-state index >= 15 is 0 Å². The van der Waals surface area contributed by atoms with Gasteiger partial charge in [0.15, 0.2) is 0 Å². The van der Waals surface area contributed by atoms with Crippen molar-refractivity contribution in [3.8, 4) is 11.5 Å². The van der Waals surface area contributed by atoms with Crippen molar-refractivity contribution in [3.63, 3.8) is 0 Å². The van der Waals surface area contributed by atoms with Gasteiger partial charge in [-0.2, -0.15) is 4.31 Å². The first-order valence-corrected chi connectivity index (χ1v) is 14.3. The van der Waals surface area contributed by atoms with Crippen molar-refractivity contribution >= 4 is 39.3 Å². The number of likely N-dealkylation sites (tertiary alicyclic amines) is 1. The Balaban J connectivity index is 1.48. The lowest BCUT2D eigenvalue weighted by Crippen LogP contribution is -2.53. The highest BCUT2D eigenvalue weighted by Crippen LogP contribution is 2.37. The first-order chi connectivity index (χ1) is 17.8. The number of rotatable bonds is 6. The number of piperazine rings is 1. The summed E-state index contributed by atoms with van der Waals surface area (Å²) in [6, 6.07) is 10.3. The van der Waals surface area contributed by atoms with Gasteiger partial charge >= 0.3 is 12.4 Å². The van der Waals surface area contributed by atoms with Gasteiger partial charge in [0.25, 0.3) is 0 Å². The third kappa shape index (κ3) is 7.16. The monoisotopic (exact) mass is 595 g/mol. The topological polar surface area (TPSA) is 79.4 Å². The van der Waals surface area contributed by atoms with Crippen molar-refractivity contribution in [3.05, 3.63) is 58.1 Å². The van der Waals surface area contributed by atoms with Crippen LogP contribution in [0.4, 0.5) is 18.0 Å². The summed E-state index contributed by atoms with van der Waals surface area (Å²) < 4.78 is 72.6. The molecule has 38 heavy (non-hydrogen) atoms. The second-order valence-corrected chi connectivity index (χ2v) is 12.0. The highest BCUT2D eigenvalue weighted by Gasteiger charge is 2.39. The molecule has 0 saturated carbocycles. The minimum Gasteiger partial charge on any atom is -0.493 e. The maximum absolute atomic E-state index is 13.3. The maximum atomic E-state index is 13.3. The van der Waals surface area contributed by atoms with E-state index in [1.807, 2.05) is 6.07 Å². The molecule has 208 valence electrons. The molecule has 2 atom stereocenters. The standard InChI is InChI=1S/C24H26Cl2F3N3O5S/c1-38(34,35)32-9-7-30(8-10-32)23(33)31-13-17(20(14-31)16-5-6-21(25)22(26)11-16)15-36-18-3-2-4-19(12-18)37-24(27,28)29/h2-6,11-12,17,20H,7-10,13-15H2,1H3/t17-,20-/m0/s1. The smallest absolute Gasteiger partial charge is 0.493 e. The summed E-state index contributed by atoms with van der Waals surface area (Å²) in [7, 11) is -3.33. The van der Waals surface area contributed by atoms with Gasteiger partial charge in [0.1, 0.15) is 11.5 Å². The van der Waals surface area contributed by atoms with Crippen LogP contribution < -0.4 is 9.47 Å². The predicted molar refractivity (Wildman–Crippen MR) is 136 cm³/mol. The number of benzene rings is 2. The quantitative estimate of drug-likeness (QED) is 0.484. The van der Waals surface area contributed by atoms with Crippen LogP contribution in [0.5, 0.6) is 11.5 Å². The average Bonchev–Trinajstić information content (AvgIpc) is 3.27. The van der Waals surface area contributed by atoms with Crippen LogP contribution in [-0.2, 0) is 10.0 Å². The lowest BCUT2D eigenvalue weighted by Gasteiger charge is -2.35. The summed E-state index contributed by atoms with van der Waals surface area (Å²) in [4.78, 5) is 16.6. The molecule has 2 aliphatic rings. The largest absolute Gasteiger partial charge is 0.573 e. The van der Waals surface area contributed by atoms with Crippen LogP contribution in [0.2, 0.25) is 10.0 Å². The van der Waals surface area contributed by atoms with Crippen molar-refractivity contribution in [1.82, 2.24) is 14.1 Å². The molecule has 0 aliphatic carbocycles. The van der Waals surface area contributed by atoms with Gasteiger partial charge < -0.3 is 19.3 Å². The van der Waals surface area contributed by atoms with E-state index in [4.69, 9.17) is 27.9 Å².